The van der Waals surface area contributed by atoms with E-state index in [1.807, 2.05) is 61.5 Å². The Morgan fingerprint density at radius 2 is 1.12 bits per heavy atom. The van der Waals surface area contributed by atoms with Gasteiger partial charge in [0.25, 0.3) is 0 Å². The van der Waals surface area contributed by atoms with E-state index in [1.165, 1.54) is 43.3 Å². The average molecular weight is 1810 g/mol. The molecule has 2 saturated carbocycles. The van der Waals surface area contributed by atoms with E-state index in [2.05, 4.69) is 55.0 Å². The molecule has 4 aliphatic heterocycles. The number of amides is 2. The minimum absolute atomic E-state index is 0.00605. The number of fused-ring (bicyclic) bond motifs is 7. The second-order valence-corrected chi connectivity index (χ2v) is 39.8. The summed E-state index contributed by atoms with van der Waals surface area (Å²) >= 11 is 0. The van der Waals surface area contributed by atoms with E-state index in [9.17, 15) is 42.3 Å². The summed E-state index contributed by atoms with van der Waals surface area (Å²) in [5.74, 6) is -17.4. The Bertz CT molecular complexity index is 5230. The van der Waals surface area contributed by atoms with Crippen LogP contribution in [0.4, 0.5) is 26.3 Å². The molecule has 0 radical (unpaired) electrons. The van der Waals surface area contributed by atoms with Crippen molar-refractivity contribution in [2.45, 2.75) is 272 Å². The van der Waals surface area contributed by atoms with E-state index in [1.54, 1.807) is 132 Å². The third-order valence-corrected chi connectivity index (χ3v) is 24.1. The molecule has 33 heteroatoms. The van der Waals surface area contributed by atoms with Gasteiger partial charge >= 0.3 is 47.6 Å². The van der Waals surface area contributed by atoms with Crippen molar-refractivity contribution in [2.75, 3.05) is 41.0 Å². The van der Waals surface area contributed by atoms with Crippen LogP contribution in [0.1, 0.15) is 207 Å². The van der Waals surface area contributed by atoms with E-state index in [4.69, 9.17) is 52.1 Å². The molecule has 6 aromatic rings. The van der Waals surface area contributed by atoms with Crippen LogP contribution in [0.5, 0.6) is 34.9 Å². The zero-order valence-corrected chi connectivity index (χ0v) is 78.2. The number of nitrogens with zero attached hydrogens (tertiary/aromatic N) is 8. The van der Waals surface area contributed by atoms with Gasteiger partial charge in [-0.3, -0.25) is 24.0 Å². The topological polar surface area (TPSA) is 317 Å². The summed E-state index contributed by atoms with van der Waals surface area (Å²) in [6.07, 6.45) is 5.95. The first-order valence-electron chi connectivity index (χ1n) is 43.6. The van der Waals surface area contributed by atoms with Crippen LogP contribution in [-0.4, -0.2) is 187 Å². The zero-order valence-electron chi connectivity index (χ0n) is 78.2. The number of carbonyl (C=O) groups excluding carboxylic acids is 7. The van der Waals surface area contributed by atoms with Gasteiger partial charge in [0, 0.05) is 54.3 Å². The average Bonchev–Trinajstić information content (AvgIpc) is 1.76. The highest BCUT2D eigenvalue weighted by atomic mass is 19.3. The summed E-state index contributed by atoms with van der Waals surface area (Å²) in [5, 5.41) is 3.05. The number of aromatic nitrogens is 6. The molecule has 3 saturated heterocycles. The largest absolute Gasteiger partial charge is 0.497 e. The van der Waals surface area contributed by atoms with E-state index in [0.717, 1.165) is 25.3 Å². The number of nitrogens with one attached hydrogen (secondary N) is 1. The molecule has 2 bridgehead atoms. The van der Waals surface area contributed by atoms with Crippen molar-refractivity contribution in [2.24, 2.45) is 52.3 Å². The second-order valence-electron chi connectivity index (χ2n) is 39.8. The number of ether oxygens (including phenoxy) is 11. The van der Waals surface area contributed by atoms with Gasteiger partial charge in [-0.05, 0) is 180 Å². The fourth-order valence-corrected chi connectivity index (χ4v) is 16.4. The summed E-state index contributed by atoms with van der Waals surface area (Å²) < 4.78 is 154. The minimum atomic E-state index is -3.61. The monoisotopic (exact) mass is 1810 g/mol. The predicted molar refractivity (Wildman–Crippen MR) is 470 cm³/mol. The van der Waals surface area contributed by atoms with Crippen LogP contribution in [0.2, 0.25) is 0 Å². The second kappa shape index (κ2) is 38.4. The number of likely N-dealkylation sites (tertiary alicyclic amines) is 1. The molecule has 129 heavy (non-hydrogen) atoms. The Hall–Kier alpha value is -10.7. The number of carbonyl (C=O) groups is 7. The Labute approximate surface area is 750 Å². The maximum atomic E-state index is 16.0. The molecule has 2 aliphatic carbocycles. The van der Waals surface area contributed by atoms with Gasteiger partial charge in [-0.15, -0.1) is 6.58 Å². The van der Waals surface area contributed by atoms with Crippen LogP contribution in [0.3, 0.4) is 0 Å². The number of allylic oxidation sites excluding steroid dienone is 5. The number of benzene rings is 3. The molecule has 12 rings (SSSR count). The number of halogens is 6. The molecular formula is C96H125F6N9O18. The van der Waals surface area contributed by atoms with Crippen LogP contribution in [0, 0.1) is 52.3 Å². The van der Waals surface area contributed by atoms with E-state index >= 15 is 17.6 Å². The molecule has 27 nitrogen and oxygen atoms in total. The first-order valence-corrected chi connectivity index (χ1v) is 43.6. The van der Waals surface area contributed by atoms with Crippen LogP contribution < -0.4 is 33.7 Å². The molecule has 3 aromatic carbocycles. The highest BCUT2D eigenvalue weighted by Gasteiger charge is 2.58. The van der Waals surface area contributed by atoms with Gasteiger partial charge in [-0.2, -0.15) is 26.3 Å². The van der Waals surface area contributed by atoms with Crippen LogP contribution >= 0.6 is 0 Å². The van der Waals surface area contributed by atoms with Crippen molar-refractivity contribution in [3.05, 3.63) is 122 Å². The van der Waals surface area contributed by atoms with Gasteiger partial charge in [-0.1, -0.05) is 87.6 Å². The van der Waals surface area contributed by atoms with Crippen molar-refractivity contribution in [3.63, 3.8) is 0 Å². The number of methoxy groups -OCH3 is 3. The quantitative estimate of drug-likeness (QED) is 0.0303. The number of esters is 5. The molecule has 0 spiro atoms. The molecule has 2 amide bonds. The summed E-state index contributed by atoms with van der Waals surface area (Å²) in [7, 11) is 4.44. The van der Waals surface area contributed by atoms with Gasteiger partial charge in [0.05, 0.1) is 92.2 Å². The highest BCUT2D eigenvalue weighted by molar-refractivity contribution is 5.91. The molecule has 704 valence electrons. The smallest absolute Gasteiger partial charge is 0.329 e. The molecule has 1 N–H and O–H groups in total. The van der Waals surface area contributed by atoms with Gasteiger partial charge < -0.3 is 67.2 Å². The lowest BCUT2D eigenvalue weighted by molar-refractivity contribution is -0.167. The first-order chi connectivity index (χ1) is 59.8. The fourth-order valence-electron chi connectivity index (χ4n) is 16.4. The summed E-state index contributed by atoms with van der Waals surface area (Å²) in [6.45, 7) is 45.8. The standard InChI is InChI=1S/C38H51F2N3O7.C36H47F2N3O7.C22H27F2N3O4/c1-12-14-15-23-20-37(23,10)49-29(44)19-25(35(4,5)6)33(45)43-21-28(22(3)30(43)34(46)50-36(7,8)9)48-32-31(38(39,40)13-2)41-26-17-16-24(47-11)18-27(26)42-32;1-20-26-19-41(28(20)32(44)48-34(5,6)7)31(43)23(33(2,3)4)17-27(42)47-35(8)18-21(35)12-10-11-15-36(37,38)29-30(46-26)40-25-16-22(45-9)13-14-24(25)39-29;1-7-22(23,24)18-19(27-15-10-13(29-6)8-9-14(15)26-18)30-16-11-25-17(12(16)2)20(28)31-21(3,4)5/h12-13,16-18,22-23,25,28,30H,1-2,14-15,19-21H2,3-11H3;11,13-16,20-21,23,26,28H,10,12,17-19H2,1-9H3;7-10,12,16-17,25H,1,11H2,2-6H3/b;15-11+;/t22-,23?,25-,28+,30+,37?;20-,21-,23-,26+,28+,35-;12-,16+,17+/m111/s1. The van der Waals surface area contributed by atoms with E-state index < -0.39 is 187 Å². The maximum Gasteiger partial charge on any atom is 0.329 e. The Morgan fingerprint density at radius 3 is 1.60 bits per heavy atom. The Balaban J connectivity index is 0.000000207. The molecule has 15 atom stereocenters. The number of rotatable bonds is 21. The minimum Gasteiger partial charge on any atom is -0.497 e. The van der Waals surface area contributed by atoms with E-state index in [0.29, 0.717) is 54.2 Å². The van der Waals surface area contributed by atoms with Gasteiger partial charge in [0.2, 0.25) is 29.5 Å². The maximum absolute atomic E-state index is 16.0. The first kappa shape index (κ1) is 100. The van der Waals surface area contributed by atoms with Crippen LogP contribution in [-0.2, 0) is 75.0 Å². The summed E-state index contributed by atoms with van der Waals surface area (Å²) in [4.78, 5) is 124. The zero-order chi connectivity index (χ0) is 95.8. The van der Waals surface area contributed by atoms with Gasteiger partial charge in [0.15, 0.2) is 17.1 Å². The third kappa shape index (κ3) is 24.1. The molecule has 2 unspecified atom stereocenters. The lowest BCUT2D eigenvalue weighted by atomic mass is 9.77. The van der Waals surface area contributed by atoms with Crippen LogP contribution in [0.15, 0.2) is 105 Å². The third-order valence-electron chi connectivity index (χ3n) is 24.1. The van der Waals surface area contributed by atoms with Crippen molar-refractivity contribution < 1.29 is 112 Å². The number of hydrogen-bond donors (Lipinski definition) is 1. The Morgan fingerprint density at radius 1 is 0.620 bits per heavy atom. The molecule has 5 fully saturated rings. The fraction of sp³-hybridized carbons (Fsp3) is 0.594. The van der Waals surface area contributed by atoms with Crippen molar-refractivity contribution in [3.8, 4) is 34.9 Å². The number of alkyl halides is 6. The summed E-state index contributed by atoms with van der Waals surface area (Å²) in [6, 6.07) is 11.2. The Kier molecular flexibility index (Phi) is 29.9. The summed E-state index contributed by atoms with van der Waals surface area (Å²) in [5.41, 5.74) is -5.66. The van der Waals surface area contributed by atoms with Crippen LogP contribution in [0.25, 0.3) is 33.1 Å². The number of hydrogen-bond acceptors (Lipinski definition) is 25. The lowest BCUT2D eigenvalue weighted by Crippen LogP contribution is -2.50. The van der Waals surface area contributed by atoms with Gasteiger partial charge in [-0.25, -0.2) is 39.5 Å². The predicted octanol–water partition coefficient (Wildman–Crippen LogP) is 17.2. The van der Waals surface area contributed by atoms with Gasteiger partial charge in [0.1, 0.15) is 81.7 Å². The lowest BCUT2D eigenvalue weighted by Gasteiger charge is -2.35. The SMILES string of the molecule is C=CC(F)(F)c1nc2ccc(OC)cc2nc1O[C@H]1CN[C@H](C(=O)OC(C)(C)C)[C@@H]1C.C=CCCC1CC1(C)OC(=O)C[C@H](C(=O)N1C[C@H](Oc2nc3cc(OC)ccc3nc2C(F)(F)C=C)[C@@H](C)[C@H]1C(=O)OC(C)(C)C)C(C)(C)C.COc1ccc2nc3c(nc2c1)O[C@H]1CN(C(=O)[C@H](C(C)(C)C)CC(=O)O[C@]2(C)C[C@H]2CC/C=C/C3(F)F)[C@H](C(=O)OC(C)(C)C)[C@@H]1C. The molecular weight excluding hydrogens is 1680 g/mol. The molecule has 6 aliphatic rings. The molecule has 7 heterocycles. The van der Waals surface area contributed by atoms with Crippen molar-refractivity contribution in [1.29, 1.82) is 0 Å². The highest BCUT2D eigenvalue weighted by Crippen LogP contribution is 2.53. The van der Waals surface area contributed by atoms with E-state index in [-0.39, 0.29) is 83.7 Å². The molecule has 3 aromatic heterocycles. The van der Waals surface area contributed by atoms with Crippen molar-refractivity contribution >= 4 is 74.8 Å². The van der Waals surface area contributed by atoms with Crippen molar-refractivity contribution in [1.82, 2.24) is 45.0 Å². The normalized spacial score (nSPS) is 25.9.